The van der Waals surface area contributed by atoms with Crippen molar-refractivity contribution in [1.82, 2.24) is 4.72 Å². The molecule has 23 heavy (non-hydrogen) atoms. The number of nitrogens with one attached hydrogen (secondary N) is 1. The van der Waals surface area contributed by atoms with Crippen LogP contribution in [0.3, 0.4) is 0 Å². The van der Waals surface area contributed by atoms with Gasteiger partial charge >= 0.3 is 0 Å². The predicted molar refractivity (Wildman–Crippen MR) is 88.2 cm³/mol. The van der Waals surface area contributed by atoms with E-state index in [1.807, 2.05) is 6.07 Å². The summed E-state index contributed by atoms with van der Waals surface area (Å²) in [6.07, 6.45) is 1.60. The lowest BCUT2D eigenvalue weighted by molar-refractivity contribution is 0.352. The maximum Gasteiger partial charge on any atom is 0.250 e. The number of rotatable bonds is 4. The third-order valence-corrected chi connectivity index (χ3v) is 7.14. The standard InChI is InChI=1S/C15H14ClNO4S2/c16-13-1-2-14(22-13)23(18,19)17-8-11-10-4-6-20-12(10)7-9-3-5-21-15(9)11/h1-2,7,17H,3-6,8H2. The average molecular weight is 372 g/mol. The number of benzene rings is 1. The number of thiophene rings is 1. The Morgan fingerprint density at radius 3 is 2.83 bits per heavy atom. The number of sulfonamides is 1. The summed E-state index contributed by atoms with van der Waals surface area (Å²) < 4.78 is 39.4. The van der Waals surface area contributed by atoms with Crippen molar-refractivity contribution in [2.45, 2.75) is 23.6 Å². The van der Waals surface area contributed by atoms with E-state index in [-0.39, 0.29) is 10.8 Å². The number of halogens is 1. The highest BCUT2D eigenvalue weighted by molar-refractivity contribution is 7.91. The Morgan fingerprint density at radius 1 is 1.22 bits per heavy atom. The molecule has 3 heterocycles. The lowest BCUT2D eigenvalue weighted by Gasteiger charge is -2.13. The van der Waals surface area contributed by atoms with Crippen molar-refractivity contribution >= 4 is 33.0 Å². The van der Waals surface area contributed by atoms with Gasteiger partial charge in [0, 0.05) is 36.1 Å². The Hall–Kier alpha value is -1.28. The monoisotopic (exact) mass is 371 g/mol. The fraction of sp³-hybridized carbons (Fsp3) is 0.333. The highest BCUT2D eigenvalue weighted by Gasteiger charge is 2.27. The zero-order chi connectivity index (χ0) is 16.0. The zero-order valence-electron chi connectivity index (χ0n) is 12.1. The Kier molecular flexibility index (Phi) is 3.76. The lowest BCUT2D eigenvalue weighted by Crippen LogP contribution is -2.23. The van der Waals surface area contributed by atoms with E-state index in [9.17, 15) is 8.42 Å². The molecule has 0 saturated heterocycles. The van der Waals surface area contributed by atoms with E-state index in [2.05, 4.69) is 4.72 Å². The average Bonchev–Trinajstić information content (AvgIpc) is 3.22. The van der Waals surface area contributed by atoms with Gasteiger partial charge in [0.25, 0.3) is 0 Å². The summed E-state index contributed by atoms with van der Waals surface area (Å²) in [4.78, 5) is 0. The summed E-state index contributed by atoms with van der Waals surface area (Å²) >= 11 is 6.87. The maximum absolute atomic E-state index is 12.4. The maximum atomic E-state index is 12.4. The van der Waals surface area contributed by atoms with Gasteiger partial charge < -0.3 is 9.47 Å². The molecule has 122 valence electrons. The molecule has 0 fully saturated rings. The minimum atomic E-state index is -3.58. The van der Waals surface area contributed by atoms with E-state index in [1.165, 1.54) is 6.07 Å². The second kappa shape index (κ2) is 5.66. The molecule has 5 nitrogen and oxygen atoms in total. The van der Waals surface area contributed by atoms with Crippen molar-refractivity contribution in [1.29, 1.82) is 0 Å². The Labute approximate surface area is 143 Å². The molecule has 0 spiro atoms. The van der Waals surface area contributed by atoms with E-state index in [4.69, 9.17) is 21.1 Å². The highest BCUT2D eigenvalue weighted by Crippen LogP contribution is 2.40. The minimum absolute atomic E-state index is 0.187. The van der Waals surface area contributed by atoms with Gasteiger partial charge in [-0.3, -0.25) is 0 Å². The van der Waals surface area contributed by atoms with Gasteiger partial charge in [-0.2, -0.15) is 0 Å². The first kappa shape index (κ1) is 15.3. The topological polar surface area (TPSA) is 64.6 Å². The third-order valence-electron chi connectivity index (χ3n) is 4.01. The van der Waals surface area contributed by atoms with Gasteiger partial charge in [0.2, 0.25) is 10.0 Å². The fourth-order valence-corrected chi connectivity index (χ4v) is 5.48. The number of hydrogen-bond acceptors (Lipinski definition) is 5. The smallest absolute Gasteiger partial charge is 0.250 e. The van der Waals surface area contributed by atoms with Crippen molar-refractivity contribution in [3.63, 3.8) is 0 Å². The van der Waals surface area contributed by atoms with Crippen LogP contribution in [0.2, 0.25) is 4.34 Å². The molecule has 8 heteroatoms. The predicted octanol–water partition coefficient (Wildman–Crippen LogP) is 2.75. The van der Waals surface area contributed by atoms with Crippen molar-refractivity contribution in [2.24, 2.45) is 0 Å². The minimum Gasteiger partial charge on any atom is -0.493 e. The van der Waals surface area contributed by atoms with E-state index < -0.39 is 10.0 Å². The van der Waals surface area contributed by atoms with Crippen LogP contribution in [0.4, 0.5) is 0 Å². The summed E-state index contributed by atoms with van der Waals surface area (Å²) in [7, 11) is -3.58. The molecule has 0 saturated carbocycles. The molecular weight excluding hydrogens is 358 g/mol. The number of hydrogen-bond donors (Lipinski definition) is 1. The molecule has 1 aromatic carbocycles. The molecule has 1 aromatic heterocycles. The lowest BCUT2D eigenvalue weighted by atomic mass is 10.00. The van der Waals surface area contributed by atoms with Crippen molar-refractivity contribution < 1.29 is 17.9 Å². The normalized spacial score (nSPS) is 15.9. The molecular formula is C15H14ClNO4S2. The second-order valence-electron chi connectivity index (χ2n) is 5.40. The van der Waals surface area contributed by atoms with Crippen LogP contribution in [0, 0.1) is 0 Å². The molecule has 0 atom stereocenters. The summed E-state index contributed by atoms with van der Waals surface area (Å²) in [5.74, 6) is 1.66. The largest absolute Gasteiger partial charge is 0.493 e. The Bertz CT molecular complexity index is 844. The van der Waals surface area contributed by atoms with Crippen LogP contribution in [0.15, 0.2) is 22.4 Å². The molecule has 1 N–H and O–H groups in total. The van der Waals surface area contributed by atoms with E-state index >= 15 is 0 Å². The molecule has 0 bridgehead atoms. The van der Waals surface area contributed by atoms with Crippen molar-refractivity contribution in [3.8, 4) is 11.5 Å². The SMILES string of the molecule is O=S(=O)(NCc1c2c(cc3c1OCC3)OCC2)c1ccc(Cl)s1. The van der Waals surface area contributed by atoms with Crippen LogP contribution in [0.25, 0.3) is 0 Å². The van der Waals surface area contributed by atoms with Crippen LogP contribution in [0.1, 0.15) is 16.7 Å². The van der Waals surface area contributed by atoms with Crippen molar-refractivity contribution in [2.75, 3.05) is 13.2 Å². The van der Waals surface area contributed by atoms with Crippen LogP contribution in [0.5, 0.6) is 11.5 Å². The first-order valence-electron chi connectivity index (χ1n) is 7.23. The second-order valence-corrected chi connectivity index (χ2v) is 9.11. The summed E-state index contributed by atoms with van der Waals surface area (Å²) in [6, 6.07) is 5.10. The van der Waals surface area contributed by atoms with Crippen molar-refractivity contribution in [3.05, 3.63) is 39.2 Å². The van der Waals surface area contributed by atoms with Gasteiger partial charge in [-0.15, -0.1) is 11.3 Å². The Balaban J connectivity index is 1.65. The molecule has 2 aromatic rings. The van der Waals surface area contributed by atoms with E-state index in [0.29, 0.717) is 17.6 Å². The van der Waals surface area contributed by atoms with Crippen LogP contribution >= 0.6 is 22.9 Å². The fourth-order valence-electron chi connectivity index (χ4n) is 2.95. The van der Waals surface area contributed by atoms with Crippen LogP contribution in [-0.2, 0) is 29.4 Å². The van der Waals surface area contributed by atoms with Gasteiger partial charge in [-0.1, -0.05) is 11.6 Å². The van der Waals surface area contributed by atoms with E-state index in [1.54, 1.807) is 6.07 Å². The van der Waals surface area contributed by atoms with Crippen LogP contribution < -0.4 is 14.2 Å². The number of fused-ring (bicyclic) bond motifs is 2. The molecule has 4 rings (SSSR count). The Morgan fingerprint density at radius 2 is 2.04 bits per heavy atom. The zero-order valence-corrected chi connectivity index (χ0v) is 14.5. The first-order chi connectivity index (χ1) is 11.0. The van der Waals surface area contributed by atoms with Gasteiger partial charge in [0.15, 0.2) is 0 Å². The molecule has 0 aliphatic carbocycles. The van der Waals surface area contributed by atoms with Gasteiger partial charge in [-0.05, 0) is 18.2 Å². The molecule has 0 amide bonds. The summed E-state index contributed by atoms with van der Waals surface area (Å²) in [5, 5.41) is 0. The molecule has 2 aliphatic heterocycles. The van der Waals surface area contributed by atoms with Gasteiger partial charge in [0.05, 0.1) is 17.6 Å². The summed E-state index contributed by atoms with van der Waals surface area (Å²) in [6.45, 7) is 1.43. The number of ether oxygens (including phenoxy) is 2. The van der Waals surface area contributed by atoms with E-state index in [0.717, 1.165) is 52.4 Å². The van der Waals surface area contributed by atoms with Crippen LogP contribution in [-0.4, -0.2) is 21.6 Å². The molecule has 0 unspecified atom stereocenters. The third kappa shape index (κ3) is 2.71. The molecule has 2 aliphatic rings. The van der Waals surface area contributed by atoms with Gasteiger partial charge in [0.1, 0.15) is 15.7 Å². The molecule has 0 radical (unpaired) electrons. The van der Waals surface area contributed by atoms with Gasteiger partial charge in [-0.25, -0.2) is 13.1 Å². The highest BCUT2D eigenvalue weighted by atomic mass is 35.5. The summed E-state index contributed by atoms with van der Waals surface area (Å²) in [5.41, 5.74) is 3.01. The first-order valence-corrected chi connectivity index (χ1v) is 9.90. The quantitative estimate of drug-likeness (QED) is 0.897.